The number of aromatic nitrogens is 3. The van der Waals surface area contributed by atoms with E-state index in [0.29, 0.717) is 29.9 Å². The van der Waals surface area contributed by atoms with Gasteiger partial charge in [-0.15, -0.1) is 0 Å². The van der Waals surface area contributed by atoms with E-state index in [9.17, 15) is 0 Å². The molecule has 0 amide bonds. The van der Waals surface area contributed by atoms with Crippen molar-refractivity contribution in [3.8, 4) is 0 Å². The summed E-state index contributed by atoms with van der Waals surface area (Å²) >= 11 is 0. The van der Waals surface area contributed by atoms with Crippen molar-refractivity contribution < 1.29 is 4.74 Å². The van der Waals surface area contributed by atoms with Crippen molar-refractivity contribution >= 4 is 17.8 Å². The van der Waals surface area contributed by atoms with Crippen LogP contribution in [0.25, 0.3) is 0 Å². The molecule has 0 saturated carbocycles. The number of hydrogen-bond acceptors (Lipinski definition) is 7. The normalized spacial score (nSPS) is 21.8. The molecule has 2 rings (SSSR count). The fraction of sp³-hybridized carbons (Fsp3) is 0.769. The summed E-state index contributed by atoms with van der Waals surface area (Å²) in [6.07, 6.45) is 1.38. The summed E-state index contributed by atoms with van der Waals surface area (Å²) in [5.74, 6) is 2.37. The van der Waals surface area contributed by atoms with Gasteiger partial charge < -0.3 is 20.3 Å². The lowest BCUT2D eigenvalue weighted by atomic mass is 10.0. The molecule has 2 unspecified atom stereocenters. The van der Waals surface area contributed by atoms with Gasteiger partial charge in [0.05, 0.1) is 6.10 Å². The summed E-state index contributed by atoms with van der Waals surface area (Å²) in [5, 5.41) is 6.43. The SMILES string of the molecule is CCNc1nc(NCC2CCOC2C)nc(N(C)C)n1. The molecule has 1 aromatic heterocycles. The molecule has 20 heavy (non-hydrogen) atoms. The Kier molecular flexibility index (Phi) is 4.94. The summed E-state index contributed by atoms with van der Waals surface area (Å²) in [4.78, 5) is 15.0. The molecule has 0 aliphatic carbocycles. The average molecular weight is 280 g/mol. The molecule has 1 aromatic rings. The molecule has 0 spiro atoms. The van der Waals surface area contributed by atoms with E-state index in [2.05, 4.69) is 32.5 Å². The highest BCUT2D eigenvalue weighted by molar-refractivity contribution is 5.42. The van der Waals surface area contributed by atoms with Crippen molar-refractivity contribution in [2.24, 2.45) is 5.92 Å². The molecule has 112 valence electrons. The van der Waals surface area contributed by atoms with E-state index in [1.807, 2.05) is 25.9 Å². The Balaban J connectivity index is 2.05. The third-order valence-corrected chi connectivity index (χ3v) is 3.41. The van der Waals surface area contributed by atoms with Crippen LogP contribution in [0.1, 0.15) is 20.3 Å². The molecule has 0 radical (unpaired) electrons. The lowest BCUT2D eigenvalue weighted by molar-refractivity contribution is 0.108. The van der Waals surface area contributed by atoms with Crippen LogP contribution in [0.4, 0.5) is 17.8 Å². The lowest BCUT2D eigenvalue weighted by Crippen LogP contribution is -2.23. The van der Waals surface area contributed by atoms with Crippen LogP contribution in [0.15, 0.2) is 0 Å². The highest BCUT2D eigenvalue weighted by Gasteiger charge is 2.24. The van der Waals surface area contributed by atoms with Crippen LogP contribution in [0.3, 0.4) is 0 Å². The van der Waals surface area contributed by atoms with Gasteiger partial charge in [-0.3, -0.25) is 0 Å². The predicted molar refractivity (Wildman–Crippen MR) is 80.3 cm³/mol. The predicted octanol–water partition coefficient (Wildman–Crippen LogP) is 1.21. The average Bonchev–Trinajstić information content (AvgIpc) is 2.82. The summed E-state index contributed by atoms with van der Waals surface area (Å²) in [7, 11) is 3.84. The molecule has 2 atom stereocenters. The first kappa shape index (κ1) is 14.8. The molecule has 1 fully saturated rings. The summed E-state index contributed by atoms with van der Waals surface area (Å²) in [6.45, 7) is 6.58. The number of anilines is 3. The van der Waals surface area contributed by atoms with Gasteiger partial charge in [-0.1, -0.05) is 0 Å². The first-order chi connectivity index (χ1) is 9.60. The molecule has 0 bridgehead atoms. The molecular formula is C13H24N6O. The molecular weight excluding hydrogens is 256 g/mol. The zero-order valence-corrected chi connectivity index (χ0v) is 12.7. The van der Waals surface area contributed by atoms with E-state index < -0.39 is 0 Å². The monoisotopic (exact) mass is 280 g/mol. The molecule has 1 aliphatic heterocycles. The van der Waals surface area contributed by atoms with Crippen molar-refractivity contribution in [1.29, 1.82) is 0 Å². The second-order valence-corrected chi connectivity index (χ2v) is 5.21. The van der Waals surface area contributed by atoms with Gasteiger partial charge in [-0.25, -0.2) is 0 Å². The lowest BCUT2D eigenvalue weighted by Gasteiger charge is -2.17. The summed E-state index contributed by atoms with van der Waals surface area (Å²) in [5.41, 5.74) is 0. The second kappa shape index (κ2) is 6.69. The van der Waals surface area contributed by atoms with E-state index in [4.69, 9.17) is 4.74 Å². The zero-order chi connectivity index (χ0) is 14.5. The number of nitrogens with zero attached hydrogens (tertiary/aromatic N) is 4. The number of rotatable bonds is 6. The molecule has 2 N–H and O–H groups in total. The zero-order valence-electron chi connectivity index (χ0n) is 12.7. The third kappa shape index (κ3) is 3.69. The van der Waals surface area contributed by atoms with Crippen molar-refractivity contribution in [3.05, 3.63) is 0 Å². The fourth-order valence-electron chi connectivity index (χ4n) is 2.15. The largest absolute Gasteiger partial charge is 0.378 e. The molecule has 0 aromatic carbocycles. The Morgan fingerprint density at radius 2 is 1.90 bits per heavy atom. The number of ether oxygens (including phenoxy) is 1. The van der Waals surface area contributed by atoms with E-state index in [1.54, 1.807) is 0 Å². The molecule has 7 nitrogen and oxygen atoms in total. The molecule has 1 aliphatic rings. The van der Waals surface area contributed by atoms with Gasteiger partial charge in [0.2, 0.25) is 17.8 Å². The topological polar surface area (TPSA) is 75.2 Å². The van der Waals surface area contributed by atoms with Gasteiger partial charge in [0, 0.05) is 39.7 Å². The van der Waals surface area contributed by atoms with Gasteiger partial charge >= 0.3 is 0 Å². The highest BCUT2D eigenvalue weighted by atomic mass is 16.5. The number of nitrogens with one attached hydrogen (secondary N) is 2. The maximum Gasteiger partial charge on any atom is 0.231 e. The van der Waals surface area contributed by atoms with Crippen molar-refractivity contribution in [3.63, 3.8) is 0 Å². The Morgan fingerprint density at radius 1 is 1.20 bits per heavy atom. The Bertz CT molecular complexity index is 439. The van der Waals surface area contributed by atoms with Crippen LogP contribution in [0, 0.1) is 5.92 Å². The van der Waals surface area contributed by atoms with Crippen molar-refractivity contribution in [2.45, 2.75) is 26.4 Å². The Hall–Kier alpha value is -1.63. The Labute approximate surface area is 120 Å². The Morgan fingerprint density at radius 3 is 2.45 bits per heavy atom. The van der Waals surface area contributed by atoms with Crippen LogP contribution in [-0.4, -0.2) is 54.8 Å². The van der Waals surface area contributed by atoms with E-state index >= 15 is 0 Å². The summed E-state index contributed by atoms with van der Waals surface area (Å²) < 4.78 is 5.56. The minimum absolute atomic E-state index is 0.297. The van der Waals surface area contributed by atoms with Gasteiger partial charge in [-0.05, 0) is 20.3 Å². The number of hydrogen-bond donors (Lipinski definition) is 2. The van der Waals surface area contributed by atoms with E-state index in [1.165, 1.54) is 0 Å². The van der Waals surface area contributed by atoms with Gasteiger partial charge in [0.1, 0.15) is 0 Å². The minimum Gasteiger partial charge on any atom is -0.378 e. The summed E-state index contributed by atoms with van der Waals surface area (Å²) in [6, 6.07) is 0. The van der Waals surface area contributed by atoms with E-state index in [0.717, 1.165) is 26.1 Å². The highest BCUT2D eigenvalue weighted by Crippen LogP contribution is 2.21. The van der Waals surface area contributed by atoms with Crippen molar-refractivity contribution in [1.82, 2.24) is 15.0 Å². The quantitative estimate of drug-likeness (QED) is 0.811. The standard InChI is InChI=1S/C13H24N6O/c1-5-14-11-16-12(18-13(17-11)19(3)4)15-8-10-6-7-20-9(10)2/h9-10H,5-8H2,1-4H3,(H2,14,15,16,17,18). The van der Waals surface area contributed by atoms with Gasteiger partial charge in [0.25, 0.3) is 0 Å². The minimum atomic E-state index is 0.297. The van der Waals surface area contributed by atoms with Crippen LogP contribution in [0.5, 0.6) is 0 Å². The van der Waals surface area contributed by atoms with Crippen LogP contribution >= 0.6 is 0 Å². The van der Waals surface area contributed by atoms with Crippen molar-refractivity contribution in [2.75, 3.05) is 49.3 Å². The fourth-order valence-corrected chi connectivity index (χ4v) is 2.15. The molecule has 1 saturated heterocycles. The molecule has 7 heteroatoms. The maximum atomic E-state index is 5.56. The maximum absolute atomic E-state index is 5.56. The van der Waals surface area contributed by atoms with Crippen LogP contribution < -0.4 is 15.5 Å². The van der Waals surface area contributed by atoms with Gasteiger partial charge in [0.15, 0.2) is 0 Å². The van der Waals surface area contributed by atoms with E-state index in [-0.39, 0.29) is 0 Å². The van der Waals surface area contributed by atoms with Crippen LogP contribution in [0.2, 0.25) is 0 Å². The second-order valence-electron chi connectivity index (χ2n) is 5.21. The smallest absolute Gasteiger partial charge is 0.231 e. The third-order valence-electron chi connectivity index (χ3n) is 3.41. The first-order valence-electron chi connectivity index (χ1n) is 7.13. The molecule has 2 heterocycles. The van der Waals surface area contributed by atoms with Crippen LogP contribution in [-0.2, 0) is 4.74 Å². The first-order valence-corrected chi connectivity index (χ1v) is 7.13. The van der Waals surface area contributed by atoms with Gasteiger partial charge in [-0.2, -0.15) is 15.0 Å².